The Labute approximate surface area is 148 Å². The van der Waals surface area contributed by atoms with Crippen LogP contribution in [-0.4, -0.2) is 33.4 Å². The second kappa shape index (κ2) is 6.92. The van der Waals surface area contributed by atoms with Crippen molar-refractivity contribution in [3.63, 3.8) is 0 Å². The van der Waals surface area contributed by atoms with Crippen molar-refractivity contribution in [1.29, 1.82) is 0 Å². The van der Waals surface area contributed by atoms with Crippen molar-refractivity contribution in [2.24, 2.45) is 0 Å². The Bertz CT molecular complexity index is 755. The smallest absolute Gasteiger partial charge is 0.241 e. The van der Waals surface area contributed by atoms with Gasteiger partial charge in [0.15, 0.2) is 0 Å². The number of aromatic nitrogens is 2. The Morgan fingerprint density at radius 3 is 2.64 bits per heavy atom. The van der Waals surface area contributed by atoms with E-state index in [2.05, 4.69) is 32.3 Å². The summed E-state index contributed by atoms with van der Waals surface area (Å²) in [6.07, 6.45) is 7.95. The van der Waals surface area contributed by atoms with Gasteiger partial charge in [0, 0.05) is 24.6 Å². The van der Waals surface area contributed by atoms with Crippen LogP contribution in [0, 0.1) is 6.92 Å². The van der Waals surface area contributed by atoms with E-state index in [1.165, 1.54) is 18.4 Å². The van der Waals surface area contributed by atoms with Gasteiger partial charge in [-0.3, -0.25) is 19.7 Å². The third-order valence-corrected chi connectivity index (χ3v) is 5.23. The van der Waals surface area contributed by atoms with Gasteiger partial charge < -0.3 is 5.32 Å². The van der Waals surface area contributed by atoms with Gasteiger partial charge in [-0.05, 0) is 62.8 Å². The molecule has 0 spiro atoms. The van der Waals surface area contributed by atoms with Crippen LogP contribution in [-0.2, 0) is 11.3 Å². The number of amides is 1. The third kappa shape index (κ3) is 3.71. The number of rotatable bonds is 5. The fraction of sp³-hybridized carbons (Fsp3) is 0.450. The van der Waals surface area contributed by atoms with E-state index in [4.69, 9.17) is 0 Å². The van der Waals surface area contributed by atoms with Crippen LogP contribution in [0.1, 0.15) is 48.6 Å². The van der Waals surface area contributed by atoms with Crippen molar-refractivity contribution < 1.29 is 4.79 Å². The highest BCUT2D eigenvalue weighted by atomic mass is 16.2. The molecular formula is C20H24N4O. The van der Waals surface area contributed by atoms with Crippen molar-refractivity contribution in [2.75, 3.05) is 11.9 Å². The maximum absolute atomic E-state index is 12.7. The van der Waals surface area contributed by atoms with E-state index < -0.39 is 0 Å². The molecule has 1 aromatic carbocycles. The molecule has 0 bridgehead atoms. The Hall–Kier alpha value is -2.27. The molecule has 1 N–H and O–H groups in total. The maximum Gasteiger partial charge on any atom is 0.241 e. The average Bonchev–Trinajstić information content (AvgIpc) is 3.36. The van der Waals surface area contributed by atoms with Crippen molar-refractivity contribution in [3.8, 4) is 0 Å². The first kappa shape index (κ1) is 16.2. The molecular weight excluding hydrogens is 312 g/mol. The zero-order valence-corrected chi connectivity index (χ0v) is 14.6. The lowest BCUT2D eigenvalue weighted by Crippen LogP contribution is -2.39. The van der Waals surface area contributed by atoms with Crippen LogP contribution in [0.3, 0.4) is 0 Å². The predicted molar refractivity (Wildman–Crippen MR) is 97.2 cm³/mol. The first-order chi connectivity index (χ1) is 12.2. The topological polar surface area (TPSA) is 58.1 Å². The largest absolute Gasteiger partial charge is 0.325 e. The van der Waals surface area contributed by atoms with Gasteiger partial charge >= 0.3 is 0 Å². The first-order valence-corrected chi connectivity index (χ1v) is 9.12. The van der Waals surface area contributed by atoms with E-state index in [1.54, 1.807) is 12.4 Å². The van der Waals surface area contributed by atoms with Crippen molar-refractivity contribution in [2.45, 2.75) is 51.1 Å². The van der Waals surface area contributed by atoms with Gasteiger partial charge in [0.2, 0.25) is 5.91 Å². The van der Waals surface area contributed by atoms with Crippen molar-refractivity contribution >= 4 is 11.6 Å². The highest BCUT2D eigenvalue weighted by Crippen LogP contribution is 2.40. The molecule has 1 aliphatic carbocycles. The molecule has 1 saturated heterocycles. The summed E-state index contributed by atoms with van der Waals surface area (Å²) in [5, 5.41) is 3.08. The molecule has 5 heteroatoms. The Kier molecular flexibility index (Phi) is 4.49. The molecule has 1 aromatic heterocycles. The Balaban J connectivity index is 1.40. The van der Waals surface area contributed by atoms with Gasteiger partial charge in [-0.15, -0.1) is 0 Å². The van der Waals surface area contributed by atoms with Gasteiger partial charge in [0.25, 0.3) is 0 Å². The molecule has 1 atom stereocenters. The quantitative estimate of drug-likeness (QED) is 0.910. The van der Waals surface area contributed by atoms with Crippen LogP contribution in [0.15, 0.2) is 36.7 Å². The second-order valence-corrected chi connectivity index (χ2v) is 7.10. The molecule has 1 saturated carbocycles. The minimum atomic E-state index is -0.0930. The summed E-state index contributed by atoms with van der Waals surface area (Å²) in [7, 11) is 0. The Morgan fingerprint density at radius 2 is 1.92 bits per heavy atom. The number of likely N-dealkylation sites (tertiary alicyclic amines) is 1. The number of hydrogen-bond acceptors (Lipinski definition) is 4. The Morgan fingerprint density at radius 1 is 1.16 bits per heavy atom. The van der Waals surface area contributed by atoms with E-state index >= 15 is 0 Å². The van der Waals surface area contributed by atoms with Crippen LogP contribution in [0.2, 0.25) is 0 Å². The number of carbonyl (C=O) groups excluding carboxylic acids is 1. The highest BCUT2D eigenvalue weighted by Gasteiger charge is 2.31. The lowest BCUT2D eigenvalue weighted by Gasteiger charge is -2.23. The molecule has 5 nitrogen and oxygen atoms in total. The zero-order valence-electron chi connectivity index (χ0n) is 14.6. The van der Waals surface area contributed by atoms with Crippen molar-refractivity contribution in [1.82, 2.24) is 14.9 Å². The number of aryl methyl sites for hydroxylation is 1. The molecule has 4 rings (SSSR count). The van der Waals surface area contributed by atoms with Gasteiger partial charge in [0.05, 0.1) is 17.4 Å². The van der Waals surface area contributed by atoms with E-state index in [9.17, 15) is 4.79 Å². The summed E-state index contributed by atoms with van der Waals surface area (Å²) in [5.74, 6) is 0.823. The normalized spacial score (nSPS) is 20.6. The van der Waals surface area contributed by atoms with Gasteiger partial charge in [-0.25, -0.2) is 0 Å². The second-order valence-electron chi connectivity index (χ2n) is 7.10. The van der Waals surface area contributed by atoms with Crippen LogP contribution in [0.4, 0.5) is 5.69 Å². The lowest BCUT2D eigenvalue weighted by molar-refractivity contribution is -0.120. The molecule has 2 fully saturated rings. The van der Waals surface area contributed by atoms with Crippen LogP contribution < -0.4 is 5.32 Å². The molecule has 2 aromatic rings. The van der Waals surface area contributed by atoms with Gasteiger partial charge in [-0.2, -0.15) is 0 Å². The molecule has 2 heterocycles. The van der Waals surface area contributed by atoms with E-state index in [1.807, 2.05) is 19.1 Å². The van der Waals surface area contributed by atoms with Crippen LogP contribution in [0.25, 0.3) is 0 Å². The van der Waals surface area contributed by atoms with Gasteiger partial charge in [0.1, 0.15) is 0 Å². The fourth-order valence-corrected chi connectivity index (χ4v) is 3.58. The SMILES string of the molecule is Cc1nccnc1CN1CCC[C@@H]1C(=O)Nc1ccc(C2CC2)cc1. The van der Waals surface area contributed by atoms with Crippen molar-refractivity contribution in [3.05, 3.63) is 53.6 Å². The molecule has 2 aliphatic rings. The summed E-state index contributed by atoms with van der Waals surface area (Å²) in [6.45, 7) is 3.57. The van der Waals surface area contributed by atoms with E-state index in [0.29, 0.717) is 6.54 Å². The fourth-order valence-electron chi connectivity index (χ4n) is 3.58. The molecule has 0 unspecified atom stereocenters. The number of nitrogens with zero attached hydrogens (tertiary/aromatic N) is 3. The summed E-state index contributed by atoms with van der Waals surface area (Å²) < 4.78 is 0. The third-order valence-electron chi connectivity index (χ3n) is 5.23. The van der Waals surface area contributed by atoms with Crippen LogP contribution >= 0.6 is 0 Å². The number of hydrogen-bond donors (Lipinski definition) is 1. The van der Waals surface area contributed by atoms with E-state index in [-0.39, 0.29) is 11.9 Å². The number of benzene rings is 1. The lowest BCUT2D eigenvalue weighted by atomic mass is 10.1. The summed E-state index contributed by atoms with van der Waals surface area (Å²) in [6, 6.07) is 8.24. The van der Waals surface area contributed by atoms with E-state index in [0.717, 1.165) is 42.4 Å². The molecule has 130 valence electrons. The molecule has 1 aliphatic heterocycles. The number of nitrogens with one attached hydrogen (secondary N) is 1. The summed E-state index contributed by atoms with van der Waals surface area (Å²) >= 11 is 0. The minimum Gasteiger partial charge on any atom is -0.325 e. The molecule has 0 radical (unpaired) electrons. The predicted octanol–water partition coefficient (Wildman–Crippen LogP) is 3.27. The zero-order chi connectivity index (χ0) is 17.2. The standard InChI is InChI=1S/C20H24N4O/c1-14-18(22-11-10-21-14)13-24-12-2-3-19(24)20(25)23-17-8-6-16(7-9-17)15-4-5-15/h6-11,15,19H,2-5,12-13H2,1H3,(H,23,25)/t19-/m1/s1. The van der Waals surface area contributed by atoms with Gasteiger partial charge in [-0.1, -0.05) is 12.1 Å². The first-order valence-electron chi connectivity index (χ1n) is 9.12. The monoisotopic (exact) mass is 336 g/mol. The van der Waals surface area contributed by atoms with Crippen LogP contribution in [0.5, 0.6) is 0 Å². The molecule has 25 heavy (non-hydrogen) atoms. The highest BCUT2D eigenvalue weighted by molar-refractivity contribution is 5.95. The number of anilines is 1. The number of carbonyl (C=O) groups is 1. The average molecular weight is 336 g/mol. The summed E-state index contributed by atoms with van der Waals surface area (Å²) in [4.78, 5) is 23.7. The molecule has 1 amide bonds. The maximum atomic E-state index is 12.7. The summed E-state index contributed by atoms with van der Waals surface area (Å²) in [5.41, 5.74) is 4.16. The minimum absolute atomic E-state index is 0.0817.